The number of nitrogens with two attached hydrogens (primary N) is 1. The average Bonchev–Trinajstić information content (AvgIpc) is 2.83. The topological polar surface area (TPSA) is 193 Å². The van der Waals surface area contributed by atoms with Crippen molar-refractivity contribution in [2.24, 2.45) is 34.8 Å². The molecule has 40 heavy (non-hydrogen) atoms. The van der Waals surface area contributed by atoms with Gasteiger partial charge in [0.1, 0.15) is 5.75 Å². The number of primary amides is 1. The van der Waals surface area contributed by atoms with Gasteiger partial charge >= 0.3 is 6.09 Å². The Balaban J connectivity index is 1.70. The van der Waals surface area contributed by atoms with Gasteiger partial charge in [-0.25, -0.2) is 4.79 Å². The van der Waals surface area contributed by atoms with Crippen LogP contribution in [0.15, 0.2) is 12.1 Å². The molecule has 12 nitrogen and oxygen atoms in total. The number of phenolic OH excluding ortho intramolecular Hbond substituents is 1. The predicted octanol–water partition coefficient (Wildman–Crippen LogP) is 0.139. The second-order valence-electron chi connectivity index (χ2n) is 12.4. The third kappa shape index (κ3) is 4.68. The maximum absolute atomic E-state index is 13.8. The lowest BCUT2D eigenvalue weighted by Gasteiger charge is -2.52. The van der Waals surface area contributed by atoms with Gasteiger partial charge in [-0.1, -0.05) is 26.8 Å². The van der Waals surface area contributed by atoms with E-state index in [2.05, 4.69) is 5.32 Å². The number of fused-ring (bicyclic) bond motifs is 3. The summed E-state index contributed by atoms with van der Waals surface area (Å²) in [6.45, 7) is 5.89. The summed E-state index contributed by atoms with van der Waals surface area (Å²) in [5, 5.41) is 24.8. The van der Waals surface area contributed by atoms with Gasteiger partial charge in [-0.15, -0.1) is 0 Å². The Morgan fingerprint density at radius 3 is 2.38 bits per heavy atom. The molecule has 216 valence electrons. The molecule has 2 fully saturated rings. The number of alkyl carbamates (subject to hydrolysis) is 1. The number of carbonyl (C=O) groups is 6. The van der Waals surface area contributed by atoms with E-state index < -0.39 is 70.4 Å². The predicted molar refractivity (Wildman–Crippen MR) is 139 cm³/mol. The van der Waals surface area contributed by atoms with Crippen LogP contribution in [0.25, 0.3) is 0 Å². The number of hydrogen-bond donors (Lipinski definition) is 4. The van der Waals surface area contributed by atoms with E-state index in [1.54, 1.807) is 6.07 Å². The zero-order valence-electron chi connectivity index (χ0n) is 23.1. The van der Waals surface area contributed by atoms with E-state index in [0.717, 1.165) is 0 Å². The molecule has 1 aromatic rings. The lowest BCUT2D eigenvalue weighted by atomic mass is 9.52. The molecule has 3 aliphatic rings. The van der Waals surface area contributed by atoms with Crippen molar-refractivity contribution in [1.82, 2.24) is 10.2 Å². The number of aliphatic hydroxyl groups is 1. The van der Waals surface area contributed by atoms with Crippen LogP contribution in [-0.2, 0) is 36.9 Å². The van der Waals surface area contributed by atoms with E-state index in [1.165, 1.54) is 25.1 Å². The number of hydrogen-bond acceptors (Lipinski definition) is 10. The number of ether oxygens (including phenoxy) is 1. The third-order valence-electron chi connectivity index (χ3n) is 8.10. The van der Waals surface area contributed by atoms with E-state index in [0.29, 0.717) is 11.1 Å². The van der Waals surface area contributed by atoms with Gasteiger partial charge in [0.25, 0.3) is 0 Å². The molecule has 1 aromatic carbocycles. The maximum atomic E-state index is 13.8. The van der Waals surface area contributed by atoms with Crippen molar-refractivity contribution >= 4 is 35.1 Å². The summed E-state index contributed by atoms with van der Waals surface area (Å²) in [6.07, 6.45) is -0.610. The normalized spacial score (nSPS) is 29.9. The fourth-order valence-corrected chi connectivity index (χ4v) is 6.34. The third-order valence-corrected chi connectivity index (χ3v) is 8.10. The van der Waals surface area contributed by atoms with Crippen LogP contribution >= 0.6 is 0 Å². The number of nitrogens with one attached hydrogen (secondary N) is 1. The van der Waals surface area contributed by atoms with Crippen molar-refractivity contribution in [3.63, 3.8) is 0 Å². The summed E-state index contributed by atoms with van der Waals surface area (Å²) < 4.78 is 5.23. The number of benzene rings is 1. The Morgan fingerprint density at radius 2 is 1.80 bits per heavy atom. The first-order chi connectivity index (χ1) is 18.5. The second kappa shape index (κ2) is 10.1. The van der Waals surface area contributed by atoms with Crippen molar-refractivity contribution in [3.05, 3.63) is 28.8 Å². The average molecular weight is 558 g/mol. The zero-order chi connectivity index (χ0) is 29.9. The second-order valence-corrected chi connectivity index (χ2v) is 12.4. The minimum atomic E-state index is -2.78. The summed E-state index contributed by atoms with van der Waals surface area (Å²) >= 11 is 0. The molecule has 0 aliphatic heterocycles. The first-order valence-electron chi connectivity index (χ1n) is 13.1. The summed E-state index contributed by atoms with van der Waals surface area (Å²) in [5.41, 5.74) is 3.12. The van der Waals surface area contributed by atoms with Crippen molar-refractivity contribution in [2.75, 3.05) is 20.7 Å². The van der Waals surface area contributed by atoms with Gasteiger partial charge < -0.3 is 26.0 Å². The number of amides is 2. The Labute approximate surface area is 231 Å². The van der Waals surface area contributed by atoms with Crippen molar-refractivity contribution in [2.45, 2.75) is 51.8 Å². The van der Waals surface area contributed by atoms with E-state index in [1.807, 2.05) is 20.8 Å². The minimum Gasteiger partial charge on any atom is -0.507 e. The number of rotatable bonds is 5. The van der Waals surface area contributed by atoms with Crippen LogP contribution in [-0.4, -0.2) is 82.6 Å². The van der Waals surface area contributed by atoms with Crippen molar-refractivity contribution < 1.29 is 43.7 Å². The SMILES string of the molecule is CN(C)[C@@H]1C(=O)C(C(N)=O)C(=O)[C@@]2(O)C(=O)C3C(=O)c4c(O)ccc(CNC(=O)OCC(C)(C)C)c4CC3CC12. The smallest absolute Gasteiger partial charge is 0.407 e. The number of carbonyl (C=O) groups excluding carboxylic acids is 6. The van der Waals surface area contributed by atoms with Crippen LogP contribution in [0.2, 0.25) is 0 Å². The molecule has 12 heteroatoms. The van der Waals surface area contributed by atoms with Gasteiger partial charge in [0.2, 0.25) is 5.91 Å². The van der Waals surface area contributed by atoms with Gasteiger partial charge in [0, 0.05) is 12.5 Å². The van der Waals surface area contributed by atoms with Crippen LogP contribution in [0, 0.1) is 29.1 Å². The van der Waals surface area contributed by atoms with E-state index in [9.17, 15) is 39.0 Å². The summed E-state index contributed by atoms with van der Waals surface area (Å²) in [6, 6.07) is 1.65. The number of likely N-dealkylation sites (N-methyl/N-ethyl adjacent to an activating group) is 1. The summed E-state index contributed by atoms with van der Waals surface area (Å²) in [7, 11) is 3.05. The van der Waals surface area contributed by atoms with Gasteiger partial charge in [-0.05, 0) is 55.5 Å². The number of Topliss-reactive ketones (excluding diaryl/α,β-unsaturated/α-hetero) is 4. The fourth-order valence-electron chi connectivity index (χ4n) is 6.34. The van der Waals surface area contributed by atoms with Crippen LogP contribution in [0.1, 0.15) is 48.7 Å². The Morgan fingerprint density at radius 1 is 1.15 bits per heavy atom. The number of ketones is 4. The first-order valence-corrected chi connectivity index (χ1v) is 13.1. The largest absolute Gasteiger partial charge is 0.507 e. The van der Waals surface area contributed by atoms with E-state index in [4.69, 9.17) is 10.5 Å². The molecule has 0 radical (unpaired) electrons. The molecule has 4 unspecified atom stereocenters. The molecule has 2 amide bonds. The molecule has 2 saturated carbocycles. The molecular weight excluding hydrogens is 522 g/mol. The maximum Gasteiger partial charge on any atom is 0.407 e. The highest BCUT2D eigenvalue weighted by molar-refractivity contribution is 6.32. The van der Waals surface area contributed by atoms with Gasteiger partial charge in [-0.2, -0.15) is 0 Å². The zero-order valence-corrected chi connectivity index (χ0v) is 23.1. The van der Waals surface area contributed by atoms with Gasteiger partial charge in [0.15, 0.2) is 34.7 Å². The molecular formula is C28H35N3O9. The van der Waals surface area contributed by atoms with Crippen molar-refractivity contribution in [1.29, 1.82) is 0 Å². The Bertz CT molecular complexity index is 1310. The molecule has 6 atom stereocenters. The van der Waals surface area contributed by atoms with Crippen molar-refractivity contribution in [3.8, 4) is 5.75 Å². The number of phenols is 1. The summed E-state index contributed by atoms with van der Waals surface area (Å²) in [5.74, 6) is -11.1. The molecule has 5 N–H and O–H groups in total. The summed E-state index contributed by atoms with van der Waals surface area (Å²) in [4.78, 5) is 79.7. The number of aromatic hydroxyl groups is 1. The molecule has 0 aromatic heterocycles. The molecule has 3 aliphatic carbocycles. The first kappa shape index (κ1) is 29.3. The highest BCUT2D eigenvalue weighted by atomic mass is 16.5. The highest BCUT2D eigenvalue weighted by Crippen LogP contribution is 2.51. The minimum absolute atomic E-state index is 0.0187. The lowest BCUT2D eigenvalue weighted by molar-refractivity contribution is -0.181. The molecule has 0 heterocycles. The highest BCUT2D eigenvalue weighted by Gasteiger charge is 2.69. The van der Waals surface area contributed by atoms with Gasteiger partial charge in [-0.3, -0.25) is 28.9 Å². The fraction of sp³-hybridized carbons (Fsp3) is 0.571. The molecule has 0 saturated heterocycles. The van der Waals surface area contributed by atoms with Crippen LogP contribution < -0.4 is 11.1 Å². The van der Waals surface area contributed by atoms with Crippen LogP contribution in [0.3, 0.4) is 0 Å². The lowest BCUT2D eigenvalue weighted by Crippen LogP contribution is -2.74. The van der Waals surface area contributed by atoms with E-state index >= 15 is 0 Å². The van der Waals surface area contributed by atoms with Gasteiger partial charge in [0.05, 0.1) is 24.1 Å². The standard InChI is InChI=1S/C28H35N3O9/c1-27(2,3)11-40-26(38)30-10-12-6-7-16(32)18-14(12)8-13-9-15-20(31(4)5)22(34)19(25(29)37)24(36)28(15,39)23(35)17(13)21(18)33/h6-7,13,15,17,19-20,32,39H,8-11H2,1-5H3,(H2,29,37)(H,30,38)/t13?,15?,17?,19?,20-,28-/m0/s1. The molecule has 0 bridgehead atoms. The van der Waals surface area contributed by atoms with Crippen LogP contribution in [0.5, 0.6) is 5.75 Å². The Kier molecular flexibility index (Phi) is 7.39. The molecule has 4 rings (SSSR count). The number of nitrogens with zero attached hydrogens (tertiary/aromatic N) is 1. The molecule has 0 spiro atoms. The monoisotopic (exact) mass is 557 g/mol. The quantitative estimate of drug-likeness (QED) is 0.362. The van der Waals surface area contributed by atoms with E-state index in [-0.39, 0.29) is 42.7 Å². The van der Waals surface area contributed by atoms with Crippen LogP contribution in [0.4, 0.5) is 4.79 Å². The Hall–Kier alpha value is -3.64.